The van der Waals surface area contributed by atoms with Gasteiger partial charge >= 0.3 is 36.4 Å². The number of aliphatic hydroxyl groups is 2. The van der Waals surface area contributed by atoms with Gasteiger partial charge in [-0.05, 0) is 6.92 Å². The van der Waals surface area contributed by atoms with E-state index >= 15 is 0 Å². The molecule has 0 aliphatic rings. The average molecular weight is 446 g/mol. The Morgan fingerprint density at radius 2 is 1.14 bits per heavy atom. The van der Waals surface area contributed by atoms with Gasteiger partial charge in [0.15, 0.2) is 12.5 Å². The Labute approximate surface area is 127 Å². The molecule has 3 N–H and O–H groups in total. The van der Waals surface area contributed by atoms with Crippen LogP contribution in [0.1, 0.15) is 32.4 Å². The van der Waals surface area contributed by atoms with E-state index in [2.05, 4.69) is 0 Å². The number of aliphatic hydroxyl groups excluding tert-OH is 2. The monoisotopic (exact) mass is 445 g/mol. The molecule has 1 aromatic rings. The maximum absolute atomic E-state index is 11.2. The molecule has 3 unspecified atom stereocenters. The standard InChI is InChI=1S/C12H19NO2.6FH.Sb/c1-9(12-7-5-4-6-8-12)13(10(2)14)11(3)15;;;;;;;/h4-11,14-15H,1-3H3;6*1H;/q;;;;;;;+5/p-5. The van der Waals surface area contributed by atoms with Crippen LogP contribution in [0.5, 0.6) is 0 Å². The summed E-state index contributed by atoms with van der Waals surface area (Å²) in [5.41, 5.74) is 1.12. The van der Waals surface area contributed by atoms with Gasteiger partial charge in [0.2, 0.25) is 0 Å². The van der Waals surface area contributed by atoms with Gasteiger partial charge in [0.1, 0.15) is 6.04 Å². The van der Waals surface area contributed by atoms with Crippen LogP contribution >= 0.6 is 0 Å². The van der Waals surface area contributed by atoms with Crippen LogP contribution in [0.3, 0.4) is 0 Å². The Hall–Kier alpha value is -0.502. The number of hydrogen-bond donors (Lipinski definition) is 3. The number of hydrogen-bond acceptors (Lipinski definition) is 2. The second-order valence-corrected chi connectivity index (χ2v) is 10.4. The molecule has 0 amide bonds. The van der Waals surface area contributed by atoms with Crippen molar-refractivity contribution in [2.24, 2.45) is 0 Å². The molecular formula is C12H20F6NO2Sb. The molecule has 3 atom stereocenters. The van der Waals surface area contributed by atoms with E-state index in [0.29, 0.717) is 0 Å². The number of benzene rings is 1. The van der Waals surface area contributed by atoms with Crippen molar-refractivity contribution in [1.82, 2.24) is 0 Å². The van der Waals surface area contributed by atoms with Gasteiger partial charge in [-0.25, -0.2) is 0 Å². The van der Waals surface area contributed by atoms with E-state index in [9.17, 15) is 27.1 Å². The minimum absolute atomic E-state index is 0.0752. The number of rotatable bonds is 4. The van der Waals surface area contributed by atoms with Crippen molar-refractivity contribution >= 4 is 19.5 Å². The molecule has 0 spiro atoms. The molecule has 0 radical (unpaired) electrons. The molecule has 1 aromatic carbocycles. The molecule has 0 saturated heterocycles. The molecule has 0 aromatic heterocycles. The van der Waals surface area contributed by atoms with E-state index in [4.69, 9.17) is 0 Å². The maximum atomic E-state index is 9.93. The summed E-state index contributed by atoms with van der Waals surface area (Å²) < 4.78 is 59.6. The van der Waals surface area contributed by atoms with Crippen LogP contribution in [-0.2, 0) is 0 Å². The second kappa shape index (κ2) is 6.55. The third-order valence-corrected chi connectivity index (χ3v) is 2.76. The summed E-state index contributed by atoms with van der Waals surface area (Å²) in [5.74, 6) is 0. The first-order valence-corrected chi connectivity index (χ1v) is 12.1. The molecule has 3 nitrogen and oxygen atoms in total. The Kier molecular flexibility index (Phi) is 6.40. The predicted octanol–water partition coefficient (Wildman–Crippen LogP) is 2.45. The van der Waals surface area contributed by atoms with E-state index < -0.39 is 31.9 Å². The first kappa shape index (κ1) is 21.5. The quantitative estimate of drug-likeness (QED) is 0.378. The first-order valence-electron chi connectivity index (χ1n) is 6.33. The minimum atomic E-state index is -11.2. The van der Waals surface area contributed by atoms with Crippen molar-refractivity contribution in [3.05, 3.63) is 35.9 Å². The Balaban J connectivity index is 0.000000534. The molecule has 0 bridgehead atoms. The van der Waals surface area contributed by atoms with Crippen LogP contribution < -0.4 is 4.90 Å². The molecule has 0 aliphatic heterocycles. The fourth-order valence-corrected chi connectivity index (χ4v) is 2.01. The van der Waals surface area contributed by atoms with E-state index in [1.807, 2.05) is 37.3 Å². The second-order valence-electron chi connectivity index (χ2n) is 4.94. The molecule has 0 fully saturated rings. The molecular weight excluding hydrogens is 426 g/mol. The Bertz CT molecular complexity index is 443. The van der Waals surface area contributed by atoms with E-state index in [-0.39, 0.29) is 6.04 Å². The Morgan fingerprint density at radius 1 is 0.818 bits per heavy atom. The molecule has 132 valence electrons. The molecule has 22 heavy (non-hydrogen) atoms. The Morgan fingerprint density at radius 3 is 1.41 bits per heavy atom. The van der Waals surface area contributed by atoms with E-state index in [1.54, 1.807) is 13.8 Å². The van der Waals surface area contributed by atoms with Gasteiger partial charge in [0.05, 0.1) is 0 Å². The van der Waals surface area contributed by atoms with Crippen molar-refractivity contribution in [2.75, 3.05) is 0 Å². The van der Waals surface area contributed by atoms with Gasteiger partial charge in [-0.2, -0.15) is 0 Å². The van der Waals surface area contributed by atoms with Gasteiger partial charge in [0, 0.05) is 19.4 Å². The summed E-state index contributed by atoms with van der Waals surface area (Å²) in [5, 5.41) is 19.2. The summed E-state index contributed by atoms with van der Waals surface area (Å²) in [6.07, 6.45) is -1.17. The van der Waals surface area contributed by atoms with Crippen LogP contribution in [0.15, 0.2) is 30.3 Å². The van der Waals surface area contributed by atoms with Crippen molar-refractivity contribution in [3.63, 3.8) is 0 Å². The van der Waals surface area contributed by atoms with Crippen molar-refractivity contribution in [1.29, 1.82) is 0 Å². The zero-order valence-corrected chi connectivity index (χ0v) is 14.8. The SMILES string of the molecule is CC(O)[NH+](C(C)O)C(C)c1ccccc1.[F][Sb-]([F])([F])([F])([F])[F]. The molecule has 0 heterocycles. The van der Waals surface area contributed by atoms with Crippen LogP contribution in [0.2, 0.25) is 0 Å². The normalized spacial score (nSPS) is 20.5. The van der Waals surface area contributed by atoms with Crippen LogP contribution in [0.4, 0.5) is 16.9 Å². The topological polar surface area (TPSA) is 44.9 Å². The number of quaternary nitrogens is 1. The van der Waals surface area contributed by atoms with Gasteiger partial charge in [-0.3, -0.25) is 4.90 Å². The fraction of sp³-hybridized carbons (Fsp3) is 0.500. The van der Waals surface area contributed by atoms with Crippen molar-refractivity contribution < 1.29 is 32.0 Å². The zero-order chi connectivity index (χ0) is 17.8. The third-order valence-electron chi connectivity index (χ3n) is 2.76. The number of nitrogens with one attached hydrogen (secondary N) is 1. The fourth-order valence-electron chi connectivity index (χ4n) is 2.01. The first-order chi connectivity index (χ1) is 9.49. The molecule has 10 heteroatoms. The van der Waals surface area contributed by atoms with Crippen molar-refractivity contribution in [2.45, 2.75) is 39.3 Å². The predicted molar refractivity (Wildman–Crippen MR) is 71.6 cm³/mol. The van der Waals surface area contributed by atoms with E-state index in [0.717, 1.165) is 10.5 Å². The van der Waals surface area contributed by atoms with Gasteiger partial charge in [-0.15, -0.1) is 0 Å². The number of halogens is 6. The molecule has 0 aliphatic carbocycles. The summed E-state index contributed by atoms with van der Waals surface area (Å²) in [6.45, 7) is 5.40. The third kappa shape index (κ3) is 12.1. The van der Waals surface area contributed by atoms with Gasteiger partial charge < -0.3 is 10.2 Å². The summed E-state index contributed by atoms with van der Waals surface area (Å²) in [6, 6.07) is 9.98. The summed E-state index contributed by atoms with van der Waals surface area (Å²) >= 11 is -11.2. The average Bonchev–Trinajstić information content (AvgIpc) is 2.24. The van der Waals surface area contributed by atoms with Crippen LogP contribution in [-0.4, -0.2) is 42.1 Å². The van der Waals surface area contributed by atoms with E-state index in [1.165, 1.54) is 0 Å². The summed E-state index contributed by atoms with van der Waals surface area (Å²) in [7, 11) is 0. The zero-order valence-electron chi connectivity index (χ0n) is 12.2. The van der Waals surface area contributed by atoms with Crippen molar-refractivity contribution in [3.8, 4) is 0 Å². The molecule has 0 saturated carbocycles. The van der Waals surface area contributed by atoms with Gasteiger partial charge in [0.25, 0.3) is 0 Å². The van der Waals surface area contributed by atoms with Crippen LogP contribution in [0.25, 0.3) is 0 Å². The summed E-state index contributed by atoms with van der Waals surface area (Å²) in [4.78, 5) is 0.765. The van der Waals surface area contributed by atoms with Gasteiger partial charge in [-0.1, -0.05) is 30.3 Å². The van der Waals surface area contributed by atoms with Crippen LogP contribution in [0, 0.1) is 0 Å². The molecule has 1 rings (SSSR count).